The predicted molar refractivity (Wildman–Crippen MR) is 105 cm³/mol. The molecule has 0 saturated heterocycles. The van der Waals surface area contributed by atoms with E-state index in [1.165, 1.54) is 11.8 Å². The highest BCUT2D eigenvalue weighted by atomic mass is 32.2. The maximum absolute atomic E-state index is 12.1. The molecule has 0 fully saturated rings. The third-order valence-corrected chi connectivity index (χ3v) is 4.71. The van der Waals surface area contributed by atoms with Gasteiger partial charge in [0.15, 0.2) is 0 Å². The van der Waals surface area contributed by atoms with Crippen molar-refractivity contribution in [1.82, 2.24) is 15.5 Å². The quantitative estimate of drug-likeness (QED) is 0.595. The number of nitrogens with zero attached hydrogens (tertiary/aromatic N) is 2. The highest BCUT2D eigenvalue weighted by Crippen LogP contribution is 2.30. The Morgan fingerprint density at radius 2 is 1.93 bits per heavy atom. The molecule has 6 nitrogen and oxygen atoms in total. The number of amides is 1. The number of ether oxygens (including phenoxy) is 1. The highest BCUT2D eigenvalue weighted by Gasteiger charge is 2.14. The summed E-state index contributed by atoms with van der Waals surface area (Å²) in [5.41, 5.74) is 2.99. The van der Waals surface area contributed by atoms with E-state index in [1.807, 2.05) is 62.4 Å². The largest absolute Gasteiger partial charge is 0.493 e. The minimum absolute atomic E-state index is 0.0854. The lowest BCUT2D eigenvalue weighted by atomic mass is 10.1. The van der Waals surface area contributed by atoms with Crippen molar-refractivity contribution in [2.45, 2.75) is 25.6 Å². The van der Waals surface area contributed by atoms with Gasteiger partial charge in [0.2, 0.25) is 5.91 Å². The number of carbonyl (C=O) groups is 1. The van der Waals surface area contributed by atoms with Gasteiger partial charge in [-0.05, 0) is 37.1 Å². The van der Waals surface area contributed by atoms with Gasteiger partial charge in [0, 0.05) is 6.54 Å². The minimum atomic E-state index is -0.0854. The summed E-state index contributed by atoms with van der Waals surface area (Å²) in [5.74, 6) is 1.19. The summed E-state index contributed by atoms with van der Waals surface area (Å²) in [4.78, 5) is 12.1. The van der Waals surface area contributed by atoms with E-state index in [9.17, 15) is 4.79 Å². The van der Waals surface area contributed by atoms with Crippen LogP contribution in [0.2, 0.25) is 0 Å². The van der Waals surface area contributed by atoms with E-state index in [4.69, 9.17) is 9.15 Å². The van der Waals surface area contributed by atoms with Gasteiger partial charge in [0.05, 0.1) is 17.9 Å². The lowest BCUT2D eigenvalue weighted by Crippen LogP contribution is -2.24. The number of para-hydroxylation sites is 1. The van der Waals surface area contributed by atoms with E-state index in [0.29, 0.717) is 30.0 Å². The first kappa shape index (κ1) is 19.0. The normalized spacial score (nSPS) is 10.6. The average Bonchev–Trinajstić information content (AvgIpc) is 3.15. The molecule has 3 aromatic rings. The zero-order valence-electron chi connectivity index (χ0n) is 15.3. The number of thioether (sulfide) groups is 1. The van der Waals surface area contributed by atoms with Crippen LogP contribution in [0, 0.1) is 6.92 Å². The molecule has 7 heteroatoms. The molecule has 1 N–H and O–H groups in total. The first-order valence-corrected chi connectivity index (χ1v) is 9.65. The molecule has 0 aliphatic carbocycles. The molecule has 1 aromatic heterocycles. The van der Waals surface area contributed by atoms with Crippen LogP contribution in [0.3, 0.4) is 0 Å². The Morgan fingerprint density at radius 1 is 1.15 bits per heavy atom. The Bertz CT molecular complexity index is 911. The fourth-order valence-corrected chi connectivity index (χ4v) is 3.08. The number of aromatic nitrogens is 2. The van der Waals surface area contributed by atoms with E-state index in [2.05, 4.69) is 15.5 Å². The number of aryl methyl sites for hydroxylation is 1. The van der Waals surface area contributed by atoms with E-state index in [1.54, 1.807) is 0 Å². The summed E-state index contributed by atoms with van der Waals surface area (Å²) in [5, 5.41) is 11.3. The molecule has 3 rings (SSSR count). The Morgan fingerprint density at radius 3 is 2.74 bits per heavy atom. The van der Waals surface area contributed by atoms with E-state index >= 15 is 0 Å². The summed E-state index contributed by atoms with van der Waals surface area (Å²) in [6.07, 6.45) is 0. The predicted octanol–water partition coefficient (Wildman–Crippen LogP) is 3.85. The van der Waals surface area contributed by atoms with Crippen molar-refractivity contribution in [3.63, 3.8) is 0 Å². The van der Waals surface area contributed by atoms with Crippen molar-refractivity contribution in [2.24, 2.45) is 0 Å². The molecule has 0 unspecified atom stereocenters. The number of hydrogen-bond acceptors (Lipinski definition) is 6. The van der Waals surface area contributed by atoms with Gasteiger partial charge >= 0.3 is 0 Å². The molecule has 140 valence electrons. The Hall–Kier alpha value is -2.80. The van der Waals surface area contributed by atoms with Crippen LogP contribution in [0.4, 0.5) is 0 Å². The molecule has 2 aromatic carbocycles. The van der Waals surface area contributed by atoms with Crippen molar-refractivity contribution in [2.75, 3.05) is 12.4 Å². The molecule has 0 bridgehead atoms. The van der Waals surface area contributed by atoms with Crippen molar-refractivity contribution < 1.29 is 13.9 Å². The van der Waals surface area contributed by atoms with Crippen LogP contribution in [0.25, 0.3) is 11.5 Å². The first-order valence-electron chi connectivity index (χ1n) is 8.67. The Kier molecular flexibility index (Phi) is 6.49. The molecule has 0 atom stereocenters. The fraction of sp³-hybridized carbons (Fsp3) is 0.250. The summed E-state index contributed by atoms with van der Waals surface area (Å²) in [7, 11) is 0. The van der Waals surface area contributed by atoms with Gasteiger partial charge in [0.25, 0.3) is 11.1 Å². The first-order chi connectivity index (χ1) is 13.2. The average molecular weight is 383 g/mol. The number of carbonyl (C=O) groups excluding carboxylic acids is 1. The minimum Gasteiger partial charge on any atom is -0.493 e. The number of rotatable bonds is 8. The summed E-state index contributed by atoms with van der Waals surface area (Å²) in [6.45, 7) is 4.99. The molecule has 0 saturated carbocycles. The van der Waals surface area contributed by atoms with Gasteiger partial charge < -0.3 is 14.5 Å². The van der Waals surface area contributed by atoms with Gasteiger partial charge in [0.1, 0.15) is 5.75 Å². The van der Waals surface area contributed by atoms with Crippen molar-refractivity contribution in [3.05, 3.63) is 59.7 Å². The van der Waals surface area contributed by atoms with E-state index in [0.717, 1.165) is 16.7 Å². The Labute approximate surface area is 162 Å². The number of nitrogens with one attached hydrogen (secondary N) is 1. The van der Waals surface area contributed by atoms with Crippen LogP contribution in [0.5, 0.6) is 5.75 Å². The maximum atomic E-state index is 12.1. The monoisotopic (exact) mass is 383 g/mol. The van der Waals surface area contributed by atoms with E-state index < -0.39 is 0 Å². The second-order valence-electron chi connectivity index (χ2n) is 5.79. The standard InChI is InChI=1S/C20H21N3O3S/c1-3-25-17-11-7-6-10-16(17)19-22-23-20(26-19)27-13-18(24)21-12-15-9-5-4-8-14(15)2/h4-11H,3,12-13H2,1-2H3,(H,21,24). The maximum Gasteiger partial charge on any atom is 0.277 e. The molecule has 27 heavy (non-hydrogen) atoms. The third-order valence-electron chi connectivity index (χ3n) is 3.89. The summed E-state index contributed by atoms with van der Waals surface area (Å²) < 4.78 is 11.3. The molecular formula is C20H21N3O3S. The van der Waals surface area contributed by atoms with Gasteiger partial charge in [-0.1, -0.05) is 48.2 Å². The van der Waals surface area contributed by atoms with Crippen LogP contribution in [-0.2, 0) is 11.3 Å². The third kappa shape index (κ3) is 5.10. The van der Waals surface area contributed by atoms with Crippen LogP contribution < -0.4 is 10.1 Å². The number of hydrogen-bond donors (Lipinski definition) is 1. The van der Waals surface area contributed by atoms with Crippen molar-refractivity contribution in [3.8, 4) is 17.2 Å². The molecule has 0 aliphatic rings. The van der Waals surface area contributed by atoms with Gasteiger partial charge in [-0.15, -0.1) is 10.2 Å². The zero-order valence-corrected chi connectivity index (χ0v) is 16.1. The molecule has 0 radical (unpaired) electrons. The van der Waals surface area contributed by atoms with Crippen molar-refractivity contribution in [1.29, 1.82) is 0 Å². The molecular weight excluding hydrogens is 362 g/mol. The summed E-state index contributed by atoms with van der Waals surface area (Å²) >= 11 is 1.21. The SMILES string of the molecule is CCOc1ccccc1-c1nnc(SCC(=O)NCc2ccccc2C)o1. The smallest absolute Gasteiger partial charge is 0.277 e. The van der Waals surface area contributed by atoms with Gasteiger partial charge in [-0.3, -0.25) is 4.79 Å². The van der Waals surface area contributed by atoms with Crippen LogP contribution >= 0.6 is 11.8 Å². The fourth-order valence-electron chi connectivity index (χ4n) is 2.48. The lowest BCUT2D eigenvalue weighted by molar-refractivity contribution is -0.118. The topological polar surface area (TPSA) is 77.2 Å². The van der Waals surface area contributed by atoms with Gasteiger partial charge in [-0.25, -0.2) is 0 Å². The van der Waals surface area contributed by atoms with Gasteiger partial charge in [-0.2, -0.15) is 0 Å². The van der Waals surface area contributed by atoms with Crippen LogP contribution in [0.15, 0.2) is 58.2 Å². The molecule has 1 amide bonds. The molecule has 0 aliphatic heterocycles. The van der Waals surface area contributed by atoms with Crippen molar-refractivity contribution >= 4 is 17.7 Å². The lowest BCUT2D eigenvalue weighted by Gasteiger charge is -2.07. The summed E-state index contributed by atoms with van der Waals surface area (Å²) in [6, 6.07) is 15.5. The molecule has 1 heterocycles. The van der Waals surface area contributed by atoms with Crippen LogP contribution in [0.1, 0.15) is 18.1 Å². The number of benzene rings is 2. The zero-order chi connectivity index (χ0) is 19.1. The Balaban J connectivity index is 1.55. The highest BCUT2D eigenvalue weighted by molar-refractivity contribution is 7.99. The van der Waals surface area contributed by atoms with E-state index in [-0.39, 0.29) is 11.7 Å². The van der Waals surface area contributed by atoms with Crippen LogP contribution in [-0.4, -0.2) is 28.5 Å². The second kappa shape index (κ2) is 9.23. The molecule has 0 spiro atoms. The second-order valence-corrected chi connectivity index (χ2v) is 6.72.